The largest absolute Gasteiger partial charge is 0.492 e. The minimum Gasteiger partial charge on any atom is -0.492 e. The van der Waals surface area contributed by atoms with E-state index in [9.17, 15) is 9.59 Å². The molecule has 1 aliphatic carbocycles. The summed E-state index contributed by atoms with van der Waals surface area (Å²) in [6, 6.07) is 7.00. The van der Waals surface area contributed by atoms with E-state index < -0.39 is 0 Å². The molecule has 23 heavy (non-hydrogen) atoms. The second-order valence-corrected chi connectivity index (χ2v) is 6.37. The molecular formula is C20H26O3. The van der Waals surface area contributed by atoms with Gasteiger partial charge in [0, 0.05) is 16.7 Å². The molecule has 0 amide bonds. The van der Waals surface area contributed by atoms with Crippen LogP contribution < -0.4 is 0 Å². The van der Waals surface area contributed by atoms with Crippen LogP contribution in [0.4, 0.5) is 0 Å². The average Bonchev–Trinajstić information content (AvgIpc) is 2.57. The highest BCUT2D eigenvalue weighted by Gasteiger charge is 2.33. The van der Waals surface area contributed by atoms with Crippen molar-refractivity contribution < 1.29 is 14.3 Å². The number of ketones is 2. The van der Waals surface area contributed by atoms with Gasteiger partial charge in [0.05, 0.1) is 7.11 Å². The van der Waals surface area contributed by atoms with Crippen LogP contribution in [0.25, 0.3) is 0 Å². The molecule has 0 radical (unpaired) electrons. The van der Waals surface area contributed by atoms with Crippen LogP contribution in [0.2, 0.25) is 0 Å². The van der Waals surface area contributed by atoms with Crippen molar-refractivity contribution in [3.8, 4) is 0 Å². The van der Waals surface area contributed by atoms with Gasteiger partial charge in [0.2, 0.25) is 5.78 Å². The number of Topliss-reactive ketones (excluding diaryl/α,β-unsaturated/α-hetero) is 2. The minimum absolute atomic E-state index is 0.0579. The Morgan fingerprint density at radius 2 is 1.65 bits per heavy atom. The van der Waals surface area contributed by atoms with E-state index in [-0.39, 0.29) is 17.3 Å². The van der Waals surface area contributed by atoms with Gasteiger partial charge < -0.3 is 4.74 Å². The van der Waals surface area contributed by atoms with Gasteiger partial charge in [0.25, 0.3) is 0 Å². The van der Waals surface area contributed by atoms with Gasteiger partial charge in [0.1, 0.15) is 0 Å². The highest BCUT2D eigenvalue weighted by molar-refractivity contribution is 6.26. The number of allylic oxidation sites excluding steroid dienone is 2. The first-order valence-corrected chi connectivity index (χ1v) is 8.55. The Morgan fingerprint density at radius 3 is 2.26 bits per heavy atom. The van der Waals surface area contributed by atoms with Crippen molar-refractivity contribution in [3.05, 3.63) is 46.7 Å². The Kier molecular flexibility index (Phi) is 6.14. The highest BCUT2D eigenvalue weighted by atomic mass is 16.5. The molecule has 0 N–H and O–H groups in total. The van der Waals surface area contributed by atoms with E-state index in [0.29, 0.717) is 29.0 Å². The molecule has 0 fully saturated rings. The Hall–Kier alpha value is -1.90. The lowest BCUT2D eigenvalue weighted by Gasteiger charge is -2.22. The van der Waals surface area contributed by atoms with Crippen LogP contribution in [0, 0.1) is 5.92 Å². The predicted molar refractivity (Wildman–Crippen MR) is 91.7 cm³/mol. The first kappa shape index (κ1) is 17.5. The number of hydrogen-bond acceptors (Lipinski definition) is 3. The van der Waals surface area contributed by atoms with Crippen LogP contribution in [0.5, 0.6) is 0 Å². The maximum absolute atomic E-state index is 12.8. The van der Waals surface area contributed by atoms with Gasteiger partial charge in [-0.2, -0.15) is 0 Å². The summed E-state index contributed by atoms with van der Waals surface area (Å²) in [6.07, 6.45) is 6.55. The quantitative estimate of drug-likeness (QED) is 0.637. The van der Waals surface area contributed by atoms with Crippen molar-refractivity contribution in [3.63, 3.8) is 0 Å². The molecule has 1 aromatic rings. The van der Waals surface area contributed by atoms with Crippen LogP contribution in [0.1, 0.15) is 73.1 Å². The Labute approximate surface area is 138 Å². The van der Waals surface area contributed by atoms with E-state index in [1.165, 1.54) is 32.8 Å². The Bertz CT molecular complexity index is 613. The molecule has 1 atom stereocenters. The van der Waals surface area contributed by atoms with Gasteiger partial charge in [-0.25, -0.2) is 0 Å². The van der Waals surface area contributed by atoms with E-state index in [0.717, 1.165) is 6.42 Å². The third kappa shape index (κ3) is 3.90. The molecule has 0 saturated heterocycles. The second-order valence-electron chi connectivity index (χ2n) is 6.37. The summed E-state index contributed by atoms with van der Waals surface area (Å²) in [7, 11) is 1.47. The molecule has 3 heteroatoms. The molecule has 0 heterocycles. The Balaban J connectivity index is 2.16. The fourth-order valence-electron chi connectivity index (χ4n) is 3.18. The maximum Gasteiger partial charge on any atom is 0.228 e. The van der Waals surface area contributed by atoms with Crippen LogP contribution in [0.15, 0.2) is 35.6 Å². The number of rotatable bonds is 8. The number of methoxy groups -OCH3 is 1. The van der Waals surface area contributed by atoms with Crippen molar-refractivity contribution >= 4 is 11.6 Å². The molecule has 1 unspecified atom stereocenters. The molecule has 0 aliphatic heterocycles. The van der Waals surface area contributed by atoms with Crippen molar-refractivity contribution in [1.29, 1.82) is 0 Å². The van der Waals surface area contributed by atoms with Gasteiger partial charge in [0.15, 0.2) is 11.5 Å². The monoisotopic (exact) mass is 314 g/mol. The van der Waals surface area contributed by atoms with Crippen LogP contribution in [-0.4, -0.2) is 18.7 Å². The summed E-state index contributed by atoms with van der Waals surface area (Å²) in [5.41, 5.74) is 1.50. The summed E-state index contributed by atoms with van der Waals surface area (Å²) in [6.45, 7) is 4.34. The van der Waals surface area contributed by atoms with Gasteiger partial charge in [-0.15, -0.1) is 0 Å². The topological polar surface area (TPSA) is 43.4 Å². The fourth-order valence-corrected chi connectivity index (χ4v) is 3.18. The Morgan fingerprint density at radius 1 is 1.00 bits per heavy atom. The number of ether oxygens (including phenoxy) is 1. The zero-order chi connectivity index (χ0) is 16.8. The van der Waals surface area contributed by atoms with E-state index >= 15 is 0 Å². The van der Waals surface area contributed by atoms with Crippen molar-refractivity contribution in [2.24, 2.45) is 5.92 Å². The fraction of sp³-hybridized carbons (Fsp3) is 0.500. The molecule has 0 aromatic heterocycles. The third-order valence-electron chi connectivity index (χ3n) is 4.48. The van der Waals surface area contributed by atoms with Gasteiger partial charge in [-0.3, -0.25) is 9.59 Å². The summed E-state index contributed by atoms with van der Waals surface area (Å²) in [5.74, 6) is 0.372. The SMILES string of the molecule is CCCCCCC(C)CC1=C(OC)C(=O)c2ccccc2C1=O. The number of fused-ring (bicyclic) bond motifs is 1. The summed E-state index contributed by atoms with van der Waals surface area (Å²) in [5, 5.41) is 0. The molecular weight excluding hydrogens is 288 g/mol. The van der Waals surface area contributed by atoms with E-state index in [1.807, 2.05) is 0 Å². The van der Waals surface area contributed by atoms with Crippen molar-refractivity contribution in [2.45, 2.75) is 52.4 Å². The lowest BCUT2D eigenvalue weighted by atomic mass is 9.83. The van der Waals surface area contributed by atoms with Crippen molar-refractivity contribution in [2.75, 3.05) is 7.11 Å². The second kappa shape index (κ2) is 8.09. The molecule has 124 valence electrons. The van der Waals surface area contributed by atoms with Crippen LogP contribution in [-0.2, 0) is 4.74 Å². The predicted octanol–water partition coefficient (Wildman–Crippen LogP) is 4.96. The molecule has 0 spiro atoms. The lowest BCUT2D eigenvalue weighted by molar-refractivity contribution is 0.0900. The zero-order valence-corrected chi connectivity index (χ0v) is 14.4. The lowest BCUT2D eigenvalue weighted by Crippen LogP contribution is -2.24. The highest BCUT2D eigenvalue weighted by Crippen LogP contribution is 2.31. The first-order chi connectivity index (χ1) is 11.1. The summed E-state index contributed by atoms with van der Waals surface area (Å²) >= 11 is 0. The third-order valence-corrected chi connectivity index (χ3v) is 4.48. The minimum atomic E-state index is -0.170. The summed E-state index contributed by atoms with van der Waals surface area (Å²) in [4.78, 5) is 25.3. The first-order valence-electron chi connectivity index (χ1n) is 8.55. The van der Waals surface area contributed by atoms with E-state index in [1.54, 1.807) is 24.3 Å². The maximum atomic E-state index is 12.8. The number of unbranched alkanes of at least 4 members (excludes halogenated alkanes) is 3. The normalized spacial score (nSPS) is 15.6. The molecule has 0 saturated carbocycles. The van der Waals surface area contributed by atoms with Gasteiger partial charge >= 0.3 is 0 Å². The van der Waals surface area contributed by atoms with Crippen molar-refractivity contribution in [1.82, 2.24) is 0 Å². The molecule has 0 bridgehead atoms. The molecule has 3 nitrogen and oxygen atoms in total. The number of carbonyl (C=O) groups excluding carboxylic acids is 2. The van der Waals surface area contributed by atoms with Crippen LogP contribution >= 0.6 is 0 Å². The van der Waals surface area contributed by atoms with Crippen LogP contribution in [0.3, 0.4) is 0 Å². The standard InChI is InChI=1S/C20H26O3/c1-4-5-6-7-10-14(2)13-17-18(21)15-11-8-9-12-16(15)19(22)20(17)23-3/h8-9,11-12,14H,4-7,10,13H2,1-3H3. The van der Waals surface area contributed by atoms with Gasteiger partial charge in [-0.1, -0.05) is 70.2 Å². The zero-order valence-electron chi connectivity index (χ0n) is 14.4. The molecule has 1 aromatic carbocycles. The molecule has 2 rings (SSSR count). The van der Waals surface area contributed by atoms with E-state index in [2.05, 4.69) is 13.8 Å². The smallest absolute Gasteiger partial charge is 0.228 e. The molecule has 1 aliphatic rings. The number of carbonyl (C=O) groups is 2. The van der Waals surface area contributed by atoms with E-state index in [4.69, 9.17) is 4.74 Å². The number of hydrogen-bond donors (Lipinski definition) is 0. The number of benzene rings is 1. The van der Waals surface area contributed by atoms with Gasteiger partial charge in [-0.05, 0) is 12.3 Å². The summed E-state index contributed by atoms with van der Waals surface area (Å²) < 4.78 is 5.30. The average molecular weight is 314 g/mol.